The Bertz CT molecular complexity index is 147. The first-order chi connectivity index (χ1) is 5.27. The molecule has 0 bridgehead atoms. The monoisotopic (exact) mass is 174 g/mol. The minimum absolute atomic E-state index is 0.00111. The van der Waals surface area contributed by atoms with E-state index in [1.807, 2.05) is 0 Å². The molecule has 0 aromatic heterocycles. The van der Waals surface area contributed by atoms with Gasteiger partial charge in [-0.05, 0) is 0 Å². The van der Waals surface area contributed by atoms with Gasteiger partial charge in [0.2, 0.25) is 0 Å². The molecule has 0 amide bonds. The fraction of sp³-hybridized carbons (Fsp3) is 1.00. The van der Waals surface area contributed by atoms with Crippen LogP contribution >= 0.6 is 9.03 Å². The van der Waals surface area contributed by atoms with Crippen molar-refractivity contribution in [2.45, 2.75) is 5.40 Å². The number of hydrogen-bond donors (Lipinski definition) is 2. The van der Waals surface area contributed by atoms with Crippen molar-refractivity contribution in [3.63, 3.8) is 0 Å². The third-order valence-corrected chi connectivity index (χ3v) is 1.75. The molecular formula is C4H9B2O4P. The summed E-state index contributed by atoms with van der Waals surface area (Å²) in [5, 5.41) is 16.6. The Kier molecular flexibility index (Phi) is 3.82. The molecule has 0 aliphatic carbocycles. The predicted molar refractivity (Wildman–Crippen MR) is 43.8 cm³/mol. The van der Waals surface area contributed by atoms with Crippen LogP contribution < -0.4 is 0 Å². The van der Waals surface area contributed by atoms with Gasteiger partial charge in [0.25, 0.3) is 0 Å². The number of aliphatic hydroxyl groups is 2. The van der Waals surface area contributed by atoms with Gasteiger partial charge in [-0.2, -0.15) is 0 Å². The molecule has 1 unspecified atom stereocenters. The van der Waals surface area contributed by atoms with Crippen LogP contribution in [0.15, 0.2) is 0 Å². The van der Waals surface area contributed by atoms with Crippen LogP contribution in [0.3, 0.4) is 0 Å². The maximum atomic E-state index is 9.15. The molecule has 0 aromatic rings. The van der Waals surface area contributed by atoms with Gasteiger partial charge in [-0.15, -0.1) is 0 Å². The summed E-state index contributed by atoms with van der Waals surface area (Å²) in [4.78, 5) is 0. The minimum atomic E-state index is -0.810. The van der Waals surface area contributed by atoms with Crippen molar-refractivity contribution in [2.75, 3.05) is 19.8 Å². The van der Waals surface area contributed by atoms with E-state index in [4.69, 9.17) is 19.3 Å². The standard InChI is InChI=1S/C4H9B2O4P/c7-1-2-9-11-10-3-4(8)5-6-4/h7-8,11H,1-3H2. The van der Waals surface area contributed by atoms with Gasteiger partial charge < -0.3 is 0 Å². The van der Waals surface area contributed by atoms with E-state index < -0.39 is 5.40 Å². The molecule has 0 fully saturated rings. The second-order valence-corrected chi connectivity index (χ2v) is 3.01. The van der Waals surface area contributed by atoms with Crippen molar-refractivity contribution in [1.29, 1.82) is 0 Å². The normalized spacial score (nSPS) is 18.4. The summed E-state index contributed by atoms with van der Waals surface area (Å²) in [6, 6.07) is 0. The van der Waals surface area contributed by atoms with Crippen LogP contribution in [0.5, 0.6) is 0 Å². The van der Waals surface area contributed by atoms with Gasteiger partial charge in [0.05, 0.1) is 0 Å². The maximum absolute atomic E-state index is 9.15. The van der Waals surface area contributed by atoms with Crippen molar-refractivity contribution in [2.24, 2.45) is 0 Å². The van der Waals surface area contributed by atoms with Crippen LogP contribution in [-0.4, -0.2) is 49.0 Å². The molecule has 0 aromatic carbocycles. The van der Waals surface area contributed by atoms with Crippen molar-refractivity contribution in [3.8, 4) is 0 Å². The predicted octanol–water partition coefficient (Wildman–Crippen LogP) is -1.50. The van der Waals surface area contributed by atoms with E-state index in [1.54, 1.807) is 13.6 Å². The Morgan fingerprint density at radius 3 is 2.64 bits per heavy atom. The topological polar surface area (TPSA) is 58.9 Å². The number of hydrogen-bond acceptors (Lipinski definition) is 4. The summed E-state index contributed by atoms with van der Waals surface area (Å²) in [6.45, 7) is 3.84. The summed E-state index contributed by atoms with van der Waals surface area (Å²) in [6.07, 6.45) is 0. The second-order valence-electron chi connectivity index (χ2n) is 2.27. The van der Waals surface area contributed by atoms with E-state index in [-0.39, 0.29) is 28.9 Å². The van der Waals surface area contributed by atoms with E-state index in [0.29, 0.717) is 0 Å². The fourth-order valence-corrected chi connectivity index (χ4v) is 1.01. The SMILES string of the molecule is OCCOPOCC1(O)B=B1. The fourth-order valence-electron chi connectivity index (χ4n) is 0.466. The van der Waals surface area contributed by atoms with E-state index in [9.17, 15) is 0 Å². The third-order valence-electron chi connectivity index (χ3n) is 1.17. The van der Waals surface area contributed by atoms with Crippen molar-refractivity contribution >= 4 is 22.6 Å². The Hall–Kier alpha value is 0.400. The summed E-state index contributed by atoms with van der Waals surface area (Å²) in [5.74, 6) is 0. The van der Waals surface area contributed by atoms with Crippen LogP contribution in [0.4, 0.5) is 0 Å². The van der Waals surface area contributed by atoms with E-state index in [1.165, 1.54) is 0 Å². The van der Waals surface area contributed by atoms with E-state index >= 15 is 0 Å². The molecule has 4 nitrogen and oxygen atoms in total. The van der Waals surface area contributed by atoms with Crippen LogP contribution in [0.2, 0.25) is 0 Å². The molecule has 60 valence electrons. The first kappa shape index (κ1) is 9.49. The molecule has 0 saturated carbocycles. The van der Waals surface area contributed by atoms with Crippen LogP contribution in [0.25, 0.3) is 0 Å². The quantitative estimate of drug-likeness (QED) is 0.292. The first-order valence-electron chi connectivity index (χ1n) is 3.29. The first-order valence-corrected chi connectivity index (χ1v) is 4.11. The van der Waals surface area contributed by atoms with Gasteiger partial charge in [0.15, 0.2) is 0 Å². The van der Waals surface area contributed by atoms with Gasteiger partial charge in [-0.1, -0.05) is 0 Å². The summed E-state index contributed by atoms with van der Waals surface area (Å²) in [7, 11) is -0.107. The Labute approximate surface area is 68.0 Å². The molecule has 0 spiro atoms. The van der Waals surface area contributed by atoms with Gasteiger partial charge in [0.1, 0.15) is 0 Å². The molecule has 1 atom stereocenters. The van der Waals surface area contributed by atoms with Crippen LogP contribution in [0, 0.1) is 0 Å². The van der Waals surface area contributed by atoms with Crippen LogP contribution in [0.1, 0.15) is 0 Å². The Morgan fingerprint density at radius 1 is 1.36 bits per heavy atom. The molecule has 1 aliphatic rings. The van der Waals surface area contributed by atoms with Crippen LogP contribution in [-0.2, 0) is 9.05 Å². The zero-order chi connectivity index (χ0) is 8.16. The number of rotatable bonds is 6. The molecule has 11 heavy (non-hydrogen) atoms. The Morgan fingerprint density at radius 2 is 2.09 bits per heavy atom. The van der Waals surface area contributed by atoms with Crippen molar-refractivity contribution < 1.29 is 19.3 Å². The zero-order valence-corrected chi connectivity index (χ0v) is 6.99. The van der Waals surface area contributed by atoms with Gasteiger partial charge in [-0.3, -0.25) is 0 Å². The summed E-state index contributed by atoms with van der Waals surface area (Å²) < 4.78 is 9.77. The average molecular weight is 174 g/mol. The summed E-state index contributed by atoms with van der Waals surface area (Å²) in [5.41, 5.74) is 0. The summed E-state index contributed by atoms with van der Waals surface area (Å²) >= 11 is 0. The molecule has 7 heteroatoms. The third kappa shape index (κ3) is 4.09. The molecule has 0 radical (unpaired) electrons. The average Bonchev–Trinajstić information content (AvgIpc) is 2.69. The molecule has 2 N–H and O–H groups in total. The Balaban J connectivity index is 1.81. The second kappa shape index (κ2) is 4.43. The molecule has 0 saturated heterocycles. The van der Waals surface area contributed by atoms with Crippen molar-refractivity contribution in [3.05, 3.63) is 0 Å². The number of aliphatic hydroxyl groups excluding tert-OH is 1. The van der Waals surface area contributed by atoms with Gasteiger partial charge in [-0.25, -0.2) is 0 Å². The zero-order valence-electron chi connectivity index (χ0n) is 5.99. The van der Waals surface area contributed by atoms with Gasteiger partial charge in [0, 0.05) is 0 Å². The molecular weight excluding hydrogens is 165 g/mol. The molecule has 1 heterocycles. The van der Waals surface area contributed by atoms with Crippen molar-refractivity contribution in [1.82, 2.24) is 0 Å². The van der Waals surface area contributed by atoms with E-state index in [2.05, 4.69) is 0 Å². The van der Waals surface area contributed by atoms with E-state index in [0.717, 1.165) is 0 Å². The van der Waals surface area contributed by atoms with Gasteiger partial charge >= 0.3 is 67.1 Å². The molecule has 1 rings (SSSR count). The molecule has 1 aliphatic heterocycles.